The number of aliphatic hydroxyl groups is 1. The first-order valence-corrected chi connectivity index (χ1v) is 8.41. The second-order valence-corrected chi connectivity index (χ2v) is 7.06. The summed E-state index contributed by atoms with van der Waals surface area (Å²) in [5, 5.41) is 8.90. The summed E-state index contributed by atoms with van der Waals surface area (Å²) in [5.74, 6) is 1.98. The van der Waals surface area contributed by atoms with Gasteiger partial charge >= 0.3 is 0 Å². The zero-order chi connectivity index (χ0) is 13.0. The van der Waals surface area contributed by atoms with E-state index in [1.165, 1.54) is 12.3 Å². The highest BCUT2D eigenvalue weighted by molar-refractivity contribution is 7.99. The number of nitrogens with zero attached hydrogens (tertiary/aromatic N) is 1. The minimum atomic E-state index is -3.54. The summed E-state index contributed by atoms with van der Waals surface area (Å²) >= 11 is 1.85. The van der Waals surface area contributed by atoms with Gasteiger partial charge in [0, 0.05) is 12.2 Å². The average Bonchev–Trinajstić information content (AvgIpc) is 2.39. The monoisotopic (exact) mass is 288 g/mol. The molecule has 2 N–H and O–H groups in total. The van der Waals surface area contributed by atoms with Crippen molar-refractivity contribution in [2.24, 2.45) is 0 Å². The summed E-state index contributed by atoms with van der Waals surface area (Å²) in [6, 6.07) is 3.00. The van der Waals surface area contributed by atoms with Crippen molar-refractivity contribution in [1.82, 2.24) is 9.71 Å². The Balaban J connectivity index is 2.08. The Labute approximate surface area is 111 Å². The van der Waals surface area contributed by atoms with Gasteiger partial charge < -0.3 is 5.11 Å². The quantitative estimate of drug-likeness (QED) is 0.854. The number of hydrogen-bond donors (Lipinski definition) is 2. The van der Waals surface area contributed by atoms with Crippen LogP contribution in [0.1, 0.15) is 18.4 Å². The molecule has 7 heteroatoms. The fourth-order valence-electron chi connectivity index (χ4n) is 1.76. The predicted molar refractivity (Wildman–Crippen MR) is 70.8 cm³/mol. The lowest BCUT2D eigenvalue weighted by Gasteiger charge is -2.22. The molecular formula is C11H16N2O3S2. The molecule has 0 spiro atoms. The van der Waals surface area contributed by atoms with E-state index in [1.807, 2.05) is 11.8 Å². The van der Waals surface area contributed by atoms with Gasteiger partial charge in [-0.15, -0.1) is 0 Å². The van der Waals surface area contributed by atoms with Crippen LogP contribution in [0.3, 0.4) is 0 Å². The van der Waals surface area contributed by atoms with E-state index < -0.39 is 10.0 Å². The van der Waals surface area contributed by atoms with Crippen LogP contribution in [0.5, 0.6) is 0 Å². The minimum Gasteiger partial charge on any atom is -0.392 e. The van der Waals surface area contributed by atoms with Crippen LogP contribution in [0.4, 0.5) is 0 Å². The molecule has 2 rings (SSSR count). The molecule has 0 aromatic carbocycles. The van der Waals surface area contributed by atoms with Crippen molar-refractivity contribution >= 4 is 21.8 Å². The van der Waals surface area contributed by atoms with Crippen LogP contribution in [0.25, 0.3) is 0 Å². The van der Waals surface area contributed by atoms with Crippen LogP contribution in [0.2, 0.25) is 0 Å². The van der Waals surface area contributed by atoms with E-state index in [1.54, 1.807) is 6.07 Å². The molecule has 0 radical (unpaired) electrons. The van der Waals surface area contributed by atoms with Crippen LogP contribution >= 0.6 is 11.8 Å². The molecule has 18 heavy (non-hydrogen) atoms. The SMILES string of the molecule is O=S(=O)(NC1CCSCC1)c1ccc(CO)cn1. The molecule has 0 bridgehead atoms. The summed E-state index contributed by atoms with van der Waals surface area (Å²) < 4.78 is 26.8. The Hall–Kier alpha value is -0.630. The molecule has 0 unspecified atom stereocenters. The summed E-state index contributed by atoms with van der Waals surface area (Å²) in [6.07, 6.45) is 3.10. The van der Waals surface area contributed by atoms with E-state index in [0.29, 0.717) is 5.56 Å². The van der Waals surface area contributed by atoms with Crippen LogP contribution in [-0.4, -0.2) is 36.1 Å². The fraction of sp³-hybridized carbons (Fsp3) is 0.545. The zero-order valence-corrected chi connectivity index (χ0v) is 11.5. The maximum absolute atomic E-state index is 12.1. The van der Waals surface area contributed by atoms with E-state index in [4.69, 9.17) is 5.11 Å². The summed E-state index contributed by atoms with van der Waals surface area (Å²) in [5.41, 5.74) is 0.600. The molecule has 100 valence electrons. The van der Waals surface area contributed by atoms with Gasteiger partial charge in [0.15, 0.2) is 5.03 Å². The van der Waals surface area contributed by atoms with Crippen molar-refractivity contribution in [3.05, 3.63) is 23.9 Å². The van der Waals surface area contributed by atoms with E-state index >= 15 is 0 Å². The van der Waals surface area contributed by atoms with Crippen molar-refractivity contribution in [2.75, 3.05) is 11.5 Å². The van der Waals surface area contributed by atoms with Gasteiger partial charge in [-0.1, -0.05) is 6.07 Å². The first-order chi connectivity index (χ1) is 8.62. The molecule has 1 aliphatic heterocycles. The lowest BCUT2D eigenvalue weighted by molar-refractivity contribution is 0.281. The summed E-state index contributed by atoms with van der Waals surface area (Å²) in [6.45, 7) is -0.138. The highest BCUT2D eigenvalue weighted by atomic mass is 32.2. The number of nitrogens with one attached hydrogen (secondary N) is 1. The molecule has 1 aromatic rings. The van der Waals surface area contributed by atoms with Crippen molar-refractivity contribution in [3.63, 3.8) is 0 Å². The molecule has 1 saturated heterocycles. The fourth-order valence-corrected chi connectivity index (χ4v) is 4.10. The van der Waals surface area contributed by atoms with Crippen molar-refractivity contribution < 1.29 is 13.5 Å². The number of hydrogen-bond acceptors (Lipinski definition) is 5. The number of sulfonamides is 1. The average molecular weight is 288 g/mol. The second-order valence-electron chi connectivity index (χ2n) is 4.17. The van der Waals surface area contributed by atoms with Gasteiger partial charge in [0.2, 0.25) is 0 Å². The molecule has 2 heterocycles. The third kappa shape index (κ3) is 3.44. The standard InChI is InChI=1S/C11H16N2O3S2/c14-8-9-1-2-11(12-7-9)18(15,16)13-10-3-5-17-6-4-10/h1-2,7,10,13-14H,3-6,8H2. The van der Waals surface area contributed by atoms with Gasteiger partial charge in [-0.05, 0) is 36.0 Å². The van der Waals surface area contributed by atoms with Gasteiger partial charge in [0.05, 0.1) is 6.61 Å². The van der Waals surface area contributed by atoms with Gasteiger partial charge in [-0.2, -0.15) is 11.8 Å². The molecule has 1 aliphatic rings. The van der Waals surface area contributed by atoms with E-state index in [-0.39, 0.29) is 17.7 Å². The van der Waals surface area contributed by atoms with Gasteiger partial charge in [0.1, 0.15) is 0 Å². The third-order valence-corrected chi connectivity index (χ3v) is 5.28. The first-order valence-electron chi connectivity index (χ1n) is 5.78. The second kappa shape index (κ2) is 6.01. The van der Waals surface area contributed by atoms with Crippen LogP contribution in [0, 0.1) is 0 Å². The van der Waals surface area contributed by atoms with E-state index in [2.05, 4.69) is 9.71 Å². The van der Waals surface area contributed by atoms with Gasteiger partial charge in [0.25, 0.3) is 10.0 Å². The third-order valence-electron chi connectivity index (χ3n) is 2.80. The maximum atomic E-state index is 12.1. The van der Waals surface area contributed by atoms with Crippen LogP contribution < -0.4 is 4.72 Å². The number of aromatic nitrogens is 1. The topological polar surface area (TPSA) is 79.3 Å². The molecule has 0 amide bonds. The Kier molecular flexibility index (Phi) is 4.60. The lowest BCUT2D eigenvalue weighted by atomic mass is 10.2. The van der Waals surface area contributed by atoms with Gasteiger partial charge in [-0.3, -0.25) is 0 Å². The molecular weight excluding hydrogens is 272 g/mol. The molecule has 0 saturated carbocycles. The Morgan fingerprint density at radius 3 is 2.67 bits per heavy atom. The zero-order valence-electron chi connectivity index (χ0n) is 9.87. The Morgan fingerprint density at radius 2 is 2.11 bits per heavy atom. The molecule has 1 aromatic heterocycles. The van der Waals surface area contributed by atoms with Gasteiger partial charge in [-0.25, -0.2) is 18.1 Å². The molecule has 1 fully saturated rings. The van der Waals surface area contributed by atoms with E-state index in [0.717, 1.165) is 24.3 Å². The van der Waals surface area contributed by atoms with Crippen molar-refractivity contribution in [2.45, 2.75) is 30.5 Å². The highest BCUT2D eigenvalue weighted by Crippen LogP contribution is 2.18. The first kappa shape index (κ1) is 13.8. The lowest BCUT2D eigenvalue weighted by Crippen LogP contribution is -2.37. The number of pyridine rings is 1. The Bertz CT molecular complexity index is 482. The minimum absolute atomic E-state index is 0.00979. The molecule has 0 aliphatic carbocycles. The Morgan fingerprint density at radius 1 is 1.39 bits per heavy atom. The highest BCUT2D eigenvalue weighted by Gasteiger charge is 2.22. The van der Waals surface area contributed by atoms with Crippen LogP contribution in [-0.2, 0) is 16.6 Å². The largest absolute Gasteiger partial charge is 0.392 e. The maximum Gasteiger partial charge on any atom is 0.258 e. The number of aliphatic hydroxyl groups excluding tert-OH is 1. The number of thioether (sulfide) groups is 1. The van der Waals surface area contributed by atoms with Crippen molar-refractivity contribution in [3.8, 4) is 0 Å². The predicted octanol–water partition coefficient (Wildman–Crippen LogP) is 0.748. The van der Waals surface area contributed by atoms with Crippen molar-refractivity contribution in [1.29, 1.82) is 0 Å². The molecule has 0 atom stereocenters. The van der Waals surface area contributed by atoms with E-state index in [9.17, 15) is 8.42 Å². The smallest absolute Gasteiger partial charge is 0.258 e. The van der Waals surface area contributed by atoms with Crippen LogP contribution in [0.15, 0.2) is 23.4 Å². The molecule has 5 nitrogen and oxygen atoms in total. The normalized spacial score (nSPS) is 17.8. The summed E-state index contributed by atoms with van der Waals surface area (Å²) in [7, 11) is -3.54. The summed E-state index contributed by atoms with van der Waals surface area (Å²) in [4.78, 5) is 3.87. The number of rotatable bonds is 4.